The maximum atomic E-state index is 12.8. The fourth-order valence-electron chi connectivity index (χ4n) is 2.46. The third kappa shape index (κ3) is 6.72. The molecular formula is C15H23ClFN3O3S. The van der Waals surface area contributed by atoms with Crippen molar-refractivity contribution in [1.29, 1.82) is 0 Å². The van der Waals surface area contributed by atoms with Gasteiger partial charge in [0.15, 0.2) is 0 Å². The van der Waals surface area contributed by atoms with Crippen LogP contribution in [-0.2, 0) is 14.8 Å². The summed E-state index contributed by atoms with van der Waals surface area (Å²) < 4.78 is 39.0. The Morgan fingerprint density at radius 3 is 2.58 bits per heavy atom. The largest absolute Gasteiger partial charge is 0.356 e. The molecule has 1 atom stereocenters. The van der Waals surface area contributed by atoms with Crippen molar-refractivity contribution in [3.8, 4) is 0 Å². The molecule has 1 aromatic rings. The first kappa shape index (κ1) is 20.8. The van der Waals surface area contributed by atoms with E-state index in [1.165, 1.54) is 12.1 Å². The Balaban J connectivity index is 0.00000288. The Morgan fingerprint density at radius 1 is 1.25 bits per heavy atom. The van der Waals surface area contributed by atoms with Crippen molar-refractivity contribution >= 4 is 28.3 Å². The van der Waals surface area contributed by atoms with Gasteiger partial charge in [-0.05, 0) is 56.1 Å². The normalized spacial score (nSPS) is 17.3. The molecule has 0 saturated carbocycles. The van der Waals surface area contributed by atoms with Gasteiger partial charge in [-0.25, -0.2) is 17.5 Å². The van der Waals surface area contributed by atoms with E-state index in [0.29, 0.717) is 12.5 Å². The van der Waals surface area contributed by atoms with Crippen molar-refractivity contribution in [3.05, 3.63) is 30.1 Å². The number of carbonyl (C=O) groups is 1. The van der Waals surface area contributed by atoms with Crippen LogP contribution in [-0.4, -0.2) is 40.5 Å². The molecule has 0 bridgehead atoms. The molecule has 1 amide bonds. The van der Waals surface area contributed by atoms with Crippen molar-refractivity contribution in [2.75, 3.05) is 26.2 Å². The molecule has 1 aliphatic heterocycles. The maximum absolute atomic E-state index is 12.8. The molecule has 1 fully saturated rings. The van der Waals surface area contributed by atoms with Crippen molar-refractivity contribution in [1.82, 2.24) is 15.4 Å². The number of nitrogens with one attached hydrogen (secondary N) is 3. The van der Waals surface area contributed by atoms with Crippen LogP contribution in [0.25, 0.3) is 0 Å². The highest BCUT2D eigenvalue weighted by Crippen LogP contribution is 2.11. The van der Waals surface area contributed by atoms with Crippen LogP contribution in [0.3, 0.4) is 0 Å². The highest BCUT2D eigenvalue weighted by atomic mass is 35.5. The van der Waals surface area contributed by atoms with E-state index < -0.39 is 15.8 Å². The zero-order valence-corrected chi connectivity index (χ0v) is 14.9. The Morgan fingerprint density at radius 2 is 1.96 bits per heavy atom. The Bertz CT molecular complexity index is 619. The van der Waals surface area contributed by atoms with Crippen LogP contribution in [0.5, 0.6) is 0 Å². The molecule has 0 aromatic heterocycles. The quantitative estimate of drug-likeness (QED) is 0.629. The first-order chi connectivity index (χ1) is 11.0. The zero-order valence-electron chi connectivity index (χ0n) is 13.3. The fourth-order valence-corrected chi connectivity index (χ4v) is 3.49. The second-order valence-electron chi connectivity index (χ2n) is 5.60. The summed E-state index contributed by atoms with van der Waals surface area (Å²) >= 11 is 0. The highest BCUT2D eigenvalue weighted by molar-refractivity contribution is 7.89. The van der Waals surface area contributed by atoms with Crippen LogP contribution in [0.15, 0.2) is 29.2 Å². The van der Waals surface area contributed by atoms with E-state index in [2.05, 4.69) is 15.4 Å². The van der Waals surface area contributed by atoms with Crippen LogP contribution < -0.4 is 15.4 Å². The van der Waals surface area contributed by atoms with Gasteiger partial charge in [0.2, 0.25) is 15.9 Å². The smallest absolute Gasteiger partial charge is 0.240 e. The minimum absolute atomic E-state index is 0. The number of carbonyl (C=O) groups excluding carboxylic acids is 1. The maximum Gasteiger partial charge on any atom is 0.240 e. The average molecular weight is 380 g/mol. The number of sulfonamides is 1. The molecule has 6 nitrogen and oxygen atoms in total. The molecule has 0 radical (unpaired) electrons. The lowest BCUT2D eigenvalue weighted by molar-refractivity contribution is -0.120. The Kier molecular flexibility index (Phi) is 8.61. The molecule has 1 heterocycles. The lowest BCUT2D eigenvalue weighted by Crippen LogP contribution is -2.31. The second kappa shape index (κ2) is 9.93. The minimum Gasteiger partial charge on any atom is -0.356 e. The van der Waals surface area contributed by atoms with E-state index in [1.54, 1.807) is 0 Å². The van der Waals surface area contributed by atoms with Gasteiger partial charge >= 0.3 is 0 Å². The lowest BCUT2D eigenvalue weighted by atomic mass is 10.1. The van der Waals surface area contributed by atoms with Crippen LogP contribution in [0.2, 0.25) is 0 Å². The molecule has 2 rings (SSSR count). The van der Waals surface area contributed by atoms with Crippen molar-refractivity contribution in [2.45, 2.75) is 24.2 Å². The number of hydrogen-bond acceptors (Lipinski definition) is 4. The SMILES string of the molecule is Cl.O=C(CCNS(=O)(=O)c1ccc(F)cc1)NCCC1CCNC1. The predicted molar refractivity (Wildman–Crippen MR) is 92.1 cm³/mol. The summed E-state index contributed by atoms with van der Waals surface area (Å²) in [6, 6.07) is 4.54. The third-order valence-corrected chi connectivity index (χ3v) is 5.28. The molecule has 9 heteroatoms. The fraction of sp³-hybridized carbons (Fsp3) is 0.533. The van der Waals surface area contributed by atoms with Gasteiger partial charge < -0.3 is 10.6 Å². The van der Waals surface area contributed by atoms with Crippen molar-refractivity contribution in [2.24, 2.45) is 5.92 Å². The van der Waals surface area contributed by atoms with E-state index >= 15 is 0 Å². The Labute approximate surface area is 148 Å². The molecule has 1 aromatic carbocycles. The van der Waals surface area contributed by atoms with Gasteiger partial charge in [0.1, 0.15) is 5.82 Å². The van der Waals surface area contributed by atoms with Crippen molar-refractivity contribution < 1.29 is 17.6 Å². The van der Waals surface area contributed by atoms with Crippen molar-refractivity contribution in [3.63, 3.8) is 0 Å². The first-order valence-electron chi connectivity index (χ1n) is 7.70. The highest BCUT2D eigenvalue weighted by Gasteiger charge is 2.15. The molecule has 1 saturated heterocycles. The molecule has 0 spiro atoms. The molecule has 24 heavy (non-hydrogen) atoms. The second-order valence-corrected chi connectivity index (χ2v) is 7.37. The summed E-state index contributed by atoms with van der Waals surface area (Å²) in [6.45, 7) is 2.64. The van der Waals surface area contributed by atoms with E-state index in [9.17, 15) is 17.6 Å². The first-order valence-corrected chi connectivity index (χ1v) is 9.18. The number of amides is 1. The summed E-state index contributed by atoms with van der Waals surface area (Å²) in [5.74, 6) is -0.0779. The van der Waals surface area contributed by atoms with Gasteiger partial charge in [-0.1, -0.05) is 0 Å². The minimum atomic E-state index is -3.71. The van der Waals surface area contributed by atoms with E-state index in [0.717, 1.165) is 38.1 Å². The summed E-state index contributed by atoms with van der Waals surface area (Å²) in [5.41, 5.74) is 0. The van der Waals surface area contributed by atoms with Gasteiger partial charge in [-0.3, -0.25) is 4.79 Å². The van der Waals surface area contributed by atoms with Crippen LogP contribution >= 0.6 is 12.4 Å². The lowest BCUT2D eigenvalue weighted by Gasteiger charge is -2.10. The summed E-state index contributed by atoms with van der Waals surface area (Å²) in [5, 5.41) is 6.06. The van der Waals surface area contributed by atoms with Crippen LogP contribution in [0.1, 0.15) is 19.3 Å². The zero-order chi connectivity index (χ0) is 16.7. The molecule has 136 valence electrons. The van der Waals surface area contributed by atoms with Gasteiger partial charge in [0.05, 0.1) is 4.90 Å². The molecular weight excluding hydrogens is 357 g/mol. The molecule has 1 unspecified atom stereocenters. The summed E-state index contributed by atoms with van der Waals surface area (Å²) in [6.07, 6.45) is 2.14. The molecule has 0 aliphatic carbocycles. The Hall–Kier alpha value is -1.22. The van der Waals surface area contributed by atoms with Gasteiger partial charge in [0, 0.05) is 19.5 Å². The van der Waals surface area contributed by atoms with Crippen LogP contribution in [0.4, 0.5) is 4.39 Å². The summed E-state index contributed by atoms with van der Waals surface area (Å²) in [4.78, 5) is 11.7. The third-order valence-electron chi connectivity index (χ3n) is 3.81. The van der Waals surface area contributed by atoms with E-state index in [1.807, 2.05) is 0 Å². The monoisotopic (exact) mass is 379 g/mol. The van der Waals surface area contributed by atoms with Gasteiger partial charge in [-0.15, -0.1) is 12.4 Å². The number of hydrogen-bond donors (Lipinski definition) is 3. The van der Waals surface area contributed by atoms with E-state index in [4.69, 9.17) is 0 Å². The topological polar surface area (TPSA) is 87.3 Å². The van der Waals surface area contributed by atoms with Gasteiger partial charge in [0.25, 0.3) is 0 Å². The number of halogens is 2. The van der Waals surface area contributed by atoms with E-state index in [-0.39, 0.29) is 36.2 Å². The number of rotatable bonds is 8. The average Bonchev–Trinajstić information content (AvgIpc) is 3.01. The predicted octanol–water partition coefficient (Wildman–Crippen LogP) is 1.03. The molecule has 3 N–H and O–H groups in total. The standard InChI is InChI=1S/C15H22FN3O3S.ClH/c16-13-1-3-14(4-2-13)23(21,22)19-10-7-15(20)18-9-6-12-5-8-17-11-12;/h1-4,12,17,19H,5-11H2,(H,18,20);1H. The van der Waals surface area contributed by atoms with Crippen LogP contribution in [0, 0.1) is 11.7 Å². The molecule has 1 aliphatic rings. The van der Waals surface area contributed by atoms with Gasteiger partial charge in [-0.2, -0.15) is 0 Å². The summed E-state index contributed by atoms with van der Waals surface area (Å²) in [7, 11) is -3.71. The number of benzene rings is 1.